The molecule has 3 atom stereocenters. The summed E-state index contributed by atoms with van der Waals surface area (Å²) >= 11 is 2.01. The molecular weight excluding hydrogens is 595 g/mol. The fourth-order valence-corrected chi connectivity index (χ4v) is 4.84. The predicted molar refractivity (Wildman–Crippen MR) is 146 cm³/mol. The molecule has 0 heterocycles. The second-order valence-corrected chi connectivity index (χ2v) is 10.1. The highest BCUT2D eigenvalue weighted by Crippen LogP contribution is 2.37. The van der Waals surface area contributed by atoms with E-state index < -0.39 is 24.2 Å². The number of amides is 2. The molecule has 0 saturated carbocycles. The first-order chi connectivity index (χ1) is 17.7. The van der Waals surface area contributed by atoms with Crippen molar-refractivity contribution in [2.24, 2.45) is 5.92 Å². The summed E-state index contributed by atoms with van der Waals surface area (Å²) in [5.41, 5.74) is 0.733. The van der Waals surface area contributed by atoms with E-state index in [1.165, 1.54) is 19.3 Å². The Bertz CT molecular complexity index is 968. The Morgan fingerprint density at radius 1 is 1.32 bits per heavy atom. The number of hydrogen-bond acceptors (Lipinski definition) is 8. The molecule has 1 aromatic rings. The van der Waals surface area contributed by atoms with Crippen LogP contribution in [0.5, 0.6) is 11.5 Å². The number of methoxy groups -OCH3 is 1. The molecule has 0 bridgehead atoms. The van der Waals surface area contributed by atoms with E-state index >= 15 is 0 Å². The molecule has 2 rings (SSSR count). The van der Waals surface area contributed by atoms with E-state index in [0.717, 1.165) is 0 Å². The van der Waals surface area contributed by atoms with Crippen LogP contribution >= 0.6 is 22.6 Å². The Hall–Kier alpha value is -2.22. The molecule has 0 radical (unpaired) electrons. The number of nitrogens with one attached hydrogen (secondary N) is 1. The van der Waals surface area contributed by atoms with Gasteiger partial charge >= 0.3 is 0 Å². The molecule has 206 valence electrons. The molecule has 1 aliphatic rings. The minimum absolute atomic E-state index is 0.0663. The Morgan fingerprint density at radius 3 is 2.65 bits per heavy atom. The van der Waals surface area contributed by atoms with E-state index in [1.54, 1.807) is 24.8 Å². The maximum absolute atomic E-state index is 13.2. The van der Waals surface area contributed by atoms with Gasteiger partial charge in [-0.15, -0.1) is 0 Å². The average Bonchev–Trinajstić information content (AvgIpc) is 2.89. The lowest BCUT2D eigenvalue weighted by molar-refractivity contribution is -0.142. The van der Waals surface area contributed by atoms with Crippen LogP contribution in [-0.4, -0.2) is 91.5 Å². The summed E-state index contributed by atoms with van der Waals surface area (Å²) in [5, 5.41) is 23.2. The average molecular weight is 632 g/mol. The number of carbonyl (C=O) groups excluding carboxylic acids is 3. The zero-order chi connectivity index (χ0) is 27.5. The topological polar surface area (TPSA) is 135 Å². The van der Waals surface area contributed by atoms with Gasteiger partial charge in [-0.25, -0.2) is 0 Å². The summed E-state index contributed by atoms with van der Waals surface area (Å²) < 4.78 is 17.6. The highest BCUT2D eigenvalue weighted by molar-refractivity contribution is 14.1. The van der Waals surface area contributed by atoms with Crippen LogP contribution in [0.3, 0.4) is 0 Å². The molecule has 2 amide bonds. The third kappa shape index (κ3) is 8.39. The maximum atomic E-state index is 13.2. The molecule has 1 aliphatic carbocycles. The molecule has 0 aliphatic heterocycles. The molecule has 0 saturated heterocycles. The molecule has 1 aromatic carbocycles. The van der Waals surface area contributed by atoms with Crippen LogP contribution < -0.4 is 14.8 Å². The highest BCUT2D eigenvalue weighted by Gasteiger charge is 2.41. The van der Waals surface area contributed by atoms with Gasteiger partial charge in [-0.1, -0.05) is 13.8 Å². The Morgan fingerprint density at radius 2 is 2.05 bits per heavy atom. The van der Waals surface area contributed by atoms with Gasteiger partial charge in [0.2, 0.25) is 11.8 Å². The first-order valence-corrected chi connectivity index (χ1v) is 13.4. The molecule has 0 spiro atoms. The quantitative estimate of drug-likeness (QED) is 0.161. The number of rotatable bonds is 14. The van der Waals surface area contributed by atoms with Gasteiger partial charge < -0.3 is 34.6 Å². The lowest BCUT2D eigenvalue weighted by Crippen LogP contribution is -2.56. The molecular formula is C26H37IN2O8. The second kappa shape index (κ2) is 15.3. The van der Waals surface area contributed by atoms with Crippen molar-refractivity contribution >= 4 is 40.7 Å². The predicted octanol–water partition coefficient (Wildman–Crippen LogP) is 1.94. The SMILES string of the molecule is CCOCCCN(C(=O)C(C)C)C1CC(C(=O)NCCO)=CC(Oc2c(I)cc(C=O)cc2OC)C1O. The van der Waals surface area contributed by atoms with Crippen LogP contribution in [0.15, 0.2) is 23.8 Å². The Balaban J connectivity index is 2.47. The van der Waals surface area contributed by atoms with Gasteiger partial charge in [0.05, 0.1) is 23.3 Å². The van der Waals surface area contributed by atoms with Crippen molar-refractivity contribution in [1.82, 2.24) is 10.2 Å². The molecule has 0 fully saturated rings. The normalized spacial score (nSPS) is 19.2. The fraction of sp³-hybridized carbons (Fsp3) is 0.577. The van der Waals surface area contributed by atoms with Crippen LogP contribution in [0.2, 0.25) is 0 Å². The van der Waals surface area contributed by atoms with E-state index in [-0.39, 0.29) is 31.4 Å². The number of aliphatic hydroxyl groups excluding tert-OH is 2. The number of hydrogen-bond donors (Lipinski definition) is 3. The van der Waals surface area contributed by atoms with Crippen molar-refractivity contribution in [3.8, 4) is 11.5 Å². The zero-order valence-corrected chi connectivity index (χ0v) is 23.9. The van der Waals surface area contributed by atoms with Gasteiger partial charge in [0, 0.05) is 49.8 Å². The molecule has 37 heavy (non-hydrogen) atoms. The monoisotopic (exact) mass is 632 g/mol. The first-order valence-electron chi connectivity index (χ1n) is 12.3. The van der Waals surface area contributed by atoms with Crippen LogP contribution in [0.4, 0.5) is 0 Å². The second-order valence-electron chi connectivity index (χ2n) is 8.90. The maximum Gasteiger partial charge on any atom is 0.247 e. The molecule has 3 unspecified atom stereocenters. The minimum atomic E-state index is -1.16. The summed E-state index contributed by atoms with van der Waals surface area (Å²) in [6.45, 7) is 6.66. The standard InChI is InChI=1S/C26H37IN2O8/c1-5-36-10-6-8-29(26(34)16(2)3)20-13-18(25(33)28-7-9-30)14-21(23(20)32)37-24-19(27)11-17(15-31)12-22(24)35-4/h11-12,14-16,20-21,23,30,32H,5-10,13H2,1-4H3,(H,28,33). The number of nitrogens with zero attached hydrogens (tertiary/aromatic N) is 1. The first kappa shape index (κ1) is 31.0. The summed E-state index contributed by atoms with van der Waals surface area (Å²) in [7, 11) is 1.44. The van der Waals surface area contributed by atoms with Crippen LogP contribution in [0.25, 0.3) is 0 Å². The van der Waals surface area contributed by atoms with Gasteiger partial charge in [0.15, 0.2) is 11.5 Å². The van der Waals surface area contributed by atoms with Crippen molar-refractivity contribution in [1.29, 1.82) is 0 Å². The fourth-order valence-electron chi connectivity index (χ4n) is 4.09. The van der Waals surface area contributed by atoms with Gasteiger partial charge in [0.25, 0.3) is 0 Å². The number of halogens is 1. The number of aldehydes is 1. The van der Waals surface area contributed by atoms with Crippen molar-refractivity contribution in [2.75, 3.05) is 40.0 Å². The molecule has 3 N–H and O–H groups in total. The van der Waals surface area contributed by atoms with Crippen LogP contribution in [0.1, 0.15) is 44.0 Å². The van der Waals surface area contributed by atoms with Crippen molar-refractivity contribution in [3.63, 3.8) is 0 Å². The molecule has 11 heteroatoms. The minimum Gasteiger partial charge on any atom is -0.493 e. The van der Waals surface area contributed by atoms with Crippen molar-refractivity contribution in [3.05, 3.63) is 32.9 Å². The zero-order valence-electron chi connectivity index (χ0n) is 21.7. The van der Waals surface area contributed by atoms with Gasteiger partial charge in [-0.05, 0) is 54.1 Å². The lowest BCUT2D eigenvalue weighted by atomic mass is 9.87. The van der Waals surface area contributed by atoms with Crippen LogP contribution in [0, 0.1) is 9.49 Å². The van der Waals surface area contributed by atoms with Crippen molar-refractivity contribution in [2.45, 2.75) is 51.9 Å². The van der Waals surface area contributed by atoms with Gasteiger partial charge in [-0.2, -0.15) is 0 Å². The number of aliphatic hydroxyl groups is 2. The number of ether oxygens (including phenoxy) is 3. The largest absolute Gasteiger partial charge is 0.493 e. The Kier molecular flexibility index (Phi) is 12.8. The number of benzene rings is 1. The highest BCUT2D eigenvalue weighted by atomic mass is 127. The van der Waals surface area contributed by atoms with E-state index in [2.05, 4.69) is 5.32 Å². The third-order valence-corrected chi connectivity index (χ3v) is 6.73. The van der Waals surface area contributed by atoms with E-state index in [0.29, 0.717) is 58.7 Å². The summed E-state index contributed by atoms with van der Waals surface area (Å²) in [6, 6.07) is 2.41. The number of carbonyl (C=O) groups is 3. The molecule has 10 nitrogen and oxygen atoms in total. The van der Waals surface area contributed by atoms with Crippen LogP contribution in [-0.2, 0) is 14.3 Å². The van der Waals surface area contributed by atoms with Crippen molar-refractivity contribution < 1.29 is 38.8 Å². The van der Waals surface area contributed by atoms with E-state index in [4.69, 9.17) is 19.3 Å². The third-order valence-electron chi connectivity index (χ3n) is 5.93. The Labute approximate surface area is 231 Å². The van der Waals surface area contributed by atoms with E-state index in [9.17, 15) is 19.5 Å². The smallest absolute Gasteiger partial charge is 0.247 e. The molecule has 0 aromatic heterocycles. The lowest BCUT2D eigenvalue weighted by Gasteiger charge is -2.41. The summed E-state index contributed by atoms with van der Waals surface area (Å²) in [4.78, 5) is 39.0. The van der Waals surface area contributed by atoms with Gasteiger partial charge in [0.1, 0.15) is 18.5 Å². The van der Waals surface area contributed by atoms with E-state index in [1.807, 2.05) is 29.5 Å². The summed E-state index contributed by atoms with van der Waals surface area (Å²) in [6.07, 6.45) is 0.762. The summed E-state index contributed by atoms with van der Waals surface area (Å²) in [5.74, 6) is -0.284. The van der Waals surface area contributed by atoms with Gasteiger partial charge in [-0.3, -0.25) is 14.4 Å².